The van der Waals surface area contributed by atoms with Gasteiger partial charge >= 0.3 is 12.1 Å². The second kappa shape index (κ2) is 11.8. The molecular formula is C34H44FN8O4+. The molecule has 2 aromatic heterocycles. The highest BCUT2D eigenvalue weighted by molar-refractivity contribution is 6.00. The molecule has 12 nitrogen and oxygen atoms in total. The van der Waals surface area contributed by atoms with Gasteiger partial charge in [0.1, 0.15) is 28.0 Å². The first kappa shape index (κ1) is 31.3. The van der Waals surface area contributed by atoms with Crippen molar-refractivity contribution in [3.05, 3.63) is 28.6 Å². The van der Waals surface area contributed by atoms with Crippen LogP contribution in [0, 0.1) is 25.1 Å². The number of aromatic nitrogens is 3. The fraction of sp³-hybridized carbons (Fsp3) is 0.559. The molecule has 4 fully saturated rings. The Bertz CT molecular complexity index is 1770. The molecule has 1 saturated carbocycles. The van der Waals surface area contributed by atoms with Crippen molar-refractivity contribution in [2.24, 2.45) is 5.41 Å². The molecule has 3 saturated heterocycles. The number of nitrogen functional groups attached to an aromatic ring is 1. The first-order valence-corrected chi connectivity index (χ1v) is 16.5. The number of methoxy groups -OCH3 is 1. The molecule has 0 unspecified atom stereocenters. The van der Waals surface area contributed by atoms with Crippen molar-refractivity contribution in [2.75, 3.05) is 57.6 Å². The van der Waals surface area contributed by atoms with Crippen LogP contribution in [0.15, 0.2) is 6.07 Å². The predicted molar refractivity (Wildman–Crippen MR) is 176 cm³/mol. The zero-order valence-electron chi connectivity index (χ0n) is 27.6. The Labute approximate surface area is 273 Å². The van der Waals surface area contributed by atoms with E-state index in [-0.39, 0.29) is 28.5 Å². The molecule has 7 rings (SSSR count). The van der Waals surface area contributed by atoms with E-state index in [1.54, 1.807) is 0 Å². The average molecular weight is 648 g/mol. The summed E-state index contributed by atoms with van der Waals surface area (Å²) in [5, 5.41) is 9.15. The molecule has 4 aliphatic rings. The van der Waals surface area contributed by atoms with Gasteiger partial charge in [-0.05, 0) is 83.2 Å². The predicted octanol–water partition coefficient (Wildman–Crippen LogP) is 2.94. The van der Waals surface area contributed by atoms with Gasteiger partial charge in [0, 0.05) is 29.3 Å². The lowest BCUT2D eigenvalue weighted by atomic mass is 9.76. The SMILES string of the molecule is COc1nc(-c2c(C)c(C)cc(N)c2C=[NH2+])c(F)c2nc(OC[C@]34CCC[C@H]3N(C)CCC4)nc(N3CCC[C@]4(CNC(=O)O4)C3)c12. The minimum absolute atomic E-state index is 0.00785. The average Bonchev–Trinajstić information content (AvgIpc) is 3.66. The molecule has 5 N–H and O–H groups in total. The maximum Gasteiger partial charge on any atom is 0.407 e. The lowest BCUT2D eigenvalue weighted by molar-refractivity contribution is -0.104. The monoisotopic (exact) mass is 647 g/mol. The molecule has 3 aliphatic heterocycles. The maximum absolute atomic E-state index is 17.1. The van der Waals surface area contributed by atoms with Crippen LogP contribution in [0.1, 0.15) is 61.6 Å². The number of piperidine rings is 2. The number of nitrogens with zero attached hydrogens (tertiary/aromatic N) is 5. The fourth-order valence-electron chi connectivity index (χ4n) is 8.55. The largest absolute Gasteiger partial charge is 0.480 e. The van der Waals surface area contributed by atoms with Crippen molar-refractivity contribution in [1.82, 2.24) is 25.2 Å². The molecule has 1 spiro atoms. The number of carbonyl (C=O) groups is 1. The Balaban J connectivity index is 1.40. The number of benzene rings is 1. The van der Waals surface area contributed by atoms with E-state index < -0.39 is 17.5 Å². The number of rotatable bonds is 7. The number of ether oxygens (including phenoxy) is 3. The van der Waals surface area contributed by atoms with Crippen molar-refractivity contribution >= 4 is 34.7 Å². The van der Waals surface area contributed by atoms with Gasteiger partial charge in [-0.25, -0.2) is 14.2 Å². The molecule has 3 atom stereocenters. The summed E-state index contributed by atoms with van der Waals surface area (Å²) < 4.78 is 35.2. The lowest BCUT2D eigenvalue weighted by Crippen LogP contribution is -2.51. The van der Waals surface area contributed by atoms with E-state index in [2.05, 4.69) is 17.3 Å². The van der Waals surface area contributed by atoms with Gasteiger partial charge < -0.3 is 35.1 Å². The highest BCUT2D eigenvalue weighted by Gasteiger charge is 2.48. The first-order valence-electron chi connectivity index (χ1n) is 16.5. The normalized spacial score (nSPS) is 25.9. The van der Waals surface area contributed by atoms with Gasteiger partial charge in [-0.2, -0.15) is 9.97 Å². The third-order valence-corrected chi connectivity index (χ3v) is 11.0. The molecule has 0 radical (unpaired) electrons. The Kier molecular flexibility index (Phi) is 7.85. The number of amides is 1. The van der Waals surface area contributed by atoms with Gasteiger partial charge in [-0.1, -0.05) is 6.42 Å². The zero-order chi connectivity index (χ0) is 33.1. The van der Waals surface area contributed by atoms with E-state index in [0.29, 0.717) is 66.7 Å². The van der Waals surface area contributed by atoms with E-state index in [1.807, 2.05) is 24.8 Å². The molecule has 47 heavy (non-hydrogen) atoms. The molecule has 1 amide bonds. The van der Waals surface area contributed by atoms with E-state index in [1.165, 1.54) is 13.3 Å². The molecule has 1 aliphatic carbocycles. The third-order valence-electron chi connectivity index (χ3n) is 11.0. The highest BCUT2D eigenvalue weighted by atomic mass is 19.1. The van der Waals surface area contributed by atoms with Gasteiger partial charge in [0.05, 0.1) is 32.4 Å². The summed E-state index contributed by atoms with van der Waals surface area (Å²) in [7, 11) is 3.68. The summed E-state index contributed by atoms with van der Waals surface area (Å²) in [6, 6.07) is 2.33. The van der Waals surface area contributed by atoms with Crippen molar-refractivity contribution in [3.63, 3.8) is 0 Å². The second-order valence-electron chi connectivity index (χ2n) is 13.8. The Morgan fingerprint density at radius 2 is 1.98 bits per heavy atom. The van der Waals surface area contributed by atoms with Gasteiger partial charge in [-0.3, -0.25) is 5.41 Å². The number of hydrogen-bond acceptors (Lipinski definition) is 10. The third kappa shape index (κ3) is 5.19. The zero-order valence-corrected chi connectivity index (χ0v) is 27.6. The van der Waals surface area contributed by atoms with Gasteiger partial charge in [0.2, 0.25) is 5.88 Å². The van der Waals surface area contributed by atoms with Crippen LogP contribution < -0.4 is 30.8 Å². The van der Waals surface area contributed by atoms with Crippen molar-refractivity contribution in [2.45, 2.75) is 70.4 Å². The minimum Gasteiger partial charge on any atom is -0.480 e. The number of anilines is 2. The number of nitrogens with two attached hydrogens (primary N) is 2. The summed E-state index contributed by atoms with van der Waals surface area (Å²) in [5.41, 5.74) is 8.71. The summed E-state index contributed by atoms with van der Waals surface area (Å²) in [4.78, 5) is 30.9. The number of pyridine rings is 1. The van der Waals surface area contributed by atoms with Crippen LogP contribution in [0.4, 0.5) is 20.7 Å². The molecule has 3 aromatic rings. The highest BCUT2D eigenvalue weighted by Crippen LogP contribution is 2.48. The standard InChI is InChI=1S/C34H43FN8O4/c1-19-14-22(37)21(15-36)24(20(19)2)27-26(35)28-25(30(39-27)45-4)29(43-13-7-11-34(17-43)16-38-32(44)47-34)41-31(40-28)46-18-33-9-5-8-23(33)42(3)12-6-10-33/h14-15,23,36H,5-13,16-18,37H2,1-4H3,(H,38,44)/p+1/t23-,33-,34+/m1/s1. The van der Waals surface area contributed by atoms with Crippen LogP contribution in [0.2, 0.25) is 0 Å². The van der Waals surface area contributed by atoms with Crippen molar-refractivity contribution in [3.8, 4) is 23.1 Å². The van der Waals surface area contributed by atoms with Crippen molar-refractivity contribution in [1.29, 1.82) is 0 Å². The minimum atomic E-state index is -0.725. The van der Waals surface area contributed by atoms with E-state index >= 15 is 4.39 Å². The summed E-state index contributed by atoms with van der Waals surface area (Å²) in [6.45, 7) is 6.66. The summed E-state index contributed by atoms with van der Waals surface area (Å²) in [6.07, 6.45) is 7.88. The van der Waals surface area contributed by atoms with Crippen LogP contribution in [0.5, 0.6) is 11.9 Å². The number of hydrogen-bond donors (Lipinski definition) is 3. The number of nitrogens with one attached hydrogen (secondary N) is 1. The van der Waals surface area contributed by atoms with Crippen LogP contribution >= 0.6 is 0 Å². The van der Waals surface area contributed by atoms with Gasteiger partial charge in [0.15, 0.2) is 12.0 Å². The molecule has 13 heteroatoms. The van der Waals surface area contributed by atoms with Gasteiger partial charge in [-0.15, -0.1) is 0 Å². The molecule has 250 valence electrons. The topological polar surface area (TPSA) is 154 Å². The Morgan fingerprint density at radius 1 is 1.19 bits per heavy atom. The molecular weight excluding hydrogens is 603 g/mol. The quantitative estimate of drug-likeness (QED) is 0.258. The van der Waals surface area contributed by atoms with Crippen LogP contribution in [-0.4, -0.2) is 90.7 Å². The molecule has 1 aromatic carbocycles. The number of fused-ring (bicyclic) bond motifs is 2. The second-order valence-corrected chi connectivity index (χ2v) is 13.8. The summed E-state index contributed by atoms with van der Waals surface area (Å²) in [5.74, 6) is -0.0699. The number of halogens is 1. The number of carbonyl (C=O) groups excluding carboxylic acids is 1. The lowest BCUT2D eigenvalue weighted by Gasteiger charge is -2.44. The van der Waals surface area contributed by atoms with Crippen LogP contribution in [-0.2, 0) is 4.74 Å². The first-order chi connectivity index (χ1) is 22.6. The van der Waals surface area contributed by atoms with Crippen LogP contribution in [0.3, 0.4) is 0 Å². The van der Waals surface area contributed by atoms with E-state index in [9.17, 15) is 4.79 Å². The molecule has 0 bridgehead atoms. The fourth-order valence-corrected chi connectivity index (χ4v) is 8.55. The maximum atomic E-state index is 17.1. The van der Waals surface area contributed by atoms with Crippen LogP contribution in [0.25, 0.3) is 22.2 Å². The number of aryl methyl sites for hydroxylation is 1. The Morgan fingerprint density at radius 3 is 2.72 bits per heavy atom. The van der Waals surface area contributed by atoms with E-state index in [4.69, 9.17) is 40.3 Å². The van der Waals surface area contributed by atoms with Gasteiger partial charge in [0.25, 0.3) is 0 Å². The Hall–Kier alpha value is -4.26. The number of likely N-dealkylation sites (tertiary alicyclic amines) is 1. The van der Waals surface area contributed by atoms with E-state index in [0.717, 1.165) is 56.2 Å². The number of alkyl carbamates (subject to hydrolysis) is 1. The smallest absolute Gasteiger partial charge is 0.407 e. The summed E-state index contributed by atoms with van der Waals surface area (Å²) >= 11 is 0. The molecule has 5 heterocycles. The van der Waals surface area contributed by atoms with Crippen molar-refractivity contribution < 1.29 is 28.8 Å².